The topological polar surface area (TPSA) is 71.8 Å². The van der Waals surface area contributed by atoms with Gasteiger partial charge >= 0.3 is 12.1 Å². The molecule has 6 nitrogen and oxygen atoms in total. The van der Waals surface area contributed by atoms with E-state index in [1.807, 2.05) is 36.2 Å². The summed E-state index contributed by atoms with van der Waals surface area (Å²) in [6.45, 7) is 0.819. The van der Waals surface area contributed by atoms with Crippen LogP contribution in [0.5, 0.6) is 0 Å². The highest BCUT2D eigenvalue weighted by Crippen LogP contribution is 2.38. The van der Waals surface area contributed by atoms with E-state index >= 15 is 0 Å². The predicted octanol–water partition coefficient (Wildman–Crippen LogP) is 2.72. The van der Waals surface area contributed by atoms with Gasteiger partial charge in [0.05, 0.1) is 24.6 Å². The summed E-state index contributed by atoms with van der Waals surface area (Å²) in [4.78, 5) is 26.0. The lowest BCUT2D eigenvalue weighted by Crippen LogP contribution is -2.41. The van der Waals surface area contributed by atoms with Crippen LogP contribution in [0, 0.1) is 5.92 Å². The number of piperidine rings is 1. The first-order chi connectivity index (χ1) is 11.0. The summed E-state index contributed by atoms with van der Waals surface area (Å²) >= 11 is 0. The smallest absolute Gasteiger partial charge is 0.416 e. The molecular formula is C17H20N2O4. The van der Waals surface area contributed by atoms with Crippen LogP contribution < -0.4 is 0 Å². The molecule has 0 bridgehead atoms. The van der Waals surface area contributed by atoms with Crippen molar-refractivity contribution < 1.29 is 19.4 Å². The molecule has 0 aliphatic carbocycles. The first-order valence-corrected chi connectivity index (χ1v) is 7.66. The Bertz CT molecular complexity index is 752. The van der Waals surface area contributed by atoms with E-state index < -0.39 is 6.09 Å². The van der Waals surface area contributed by atoms with Crippen LogP contribution in [-0.2, 0) is 9.53 Å². The number of benzene rings is 1. The van der Waals surface area contributed by atoms with Crippen LogP contribution in [0.25, 0.3) is 10.9 Å². The Kier molecular flexibility index (Phi) is 4.09. The maximum atomic E-state index is 12.2. The highest BCUT2D eigenvalue weighted by Gasteiger charge is 2.38. The molecule has 1 saturated heterocycles. The molecule has 1 N–H and O–H groups in total. The van der Waals surface area contributed by atoms with Gasteiger partial charge in [-0.3, -0.25) is 9.69 Å². The maximum absolute atomic E-state index is 12.2. The van der Waals surface area contributed by atoms with E-state index in [1.54, 1.807) is 6.07 Å². The molecule has 122 valence electrons. The van der Waals surface area contributed by atoms with Gasteiger partial charge in [0.2, 0.25) is 0 Å². The molecule has 1 fully saturated rings. The van der Waals surface area contributed by atoms with Crippen molar-refractivity contribution in [1.29, 1.82) is 0 Å². The van der Waals surface area contributed by atoms with Crippen LogP contribution in [-0.4, -0.2) is 47.3 Å². The zero-order chi connectivity index (χ0) is 16.6. The summed E-state index contributed by atoms with van der Waals surface area (Å²) in [5.41, 5.74) is 1.26. The van der Waals surface area contributed by atoms with Crippen molar-refractivity contribution in [3.63, 3.8) is 0 Å². The summed E-state index contributed by atoms with van der Waals surface area (Å²) < 4.78 is 6.23. The molecule has 0 spiro atoms. The van der Waals surface area contributed by atoms with Crippen molar-refractivity contribution in [2.24, 2.45) is 5.92 Å². The van der Waals surface area contributed by atoms with Gasteiger partial charge in [0.25, 0.3) is 0 Å². The average Bonchev–Trinajstić information content (AvgIpc) is 2.92. The Morgan fingerprint density at radius 1 is 1.30 bits per heavy atom. The van der Waals surface area contributed by atoms with Crippen molar-refractivity contribution in [3.8, 4) is 0 Å². The third kappa shape index (κ3) is 2.59. The van der Waals surface area contributed by atoms with Gasteiger partial charge < -0.3 is 9.84 Å². The number of hydrogen-bond acceptors (Lipinski definition) is 4. The second-order valence-corrected chi connectivity index (χ2v) is 5.94. The molecule has 1 aliphatic heterocycles. The molecule has 1 aliphatic rings. The van der Waals surface area contributed by atoms with Crippen LogP contribution >= 0.6 is 0 Å². The molecule has 1 aromatic heterocycles. The Hall–Kier alpha value is -2.34. The first kappa shape index (κ1) is 15.6. The van der Waals surface area contributed by atoms with Crippen molar-refractivity contribution in [2.75, 3.05) is 20.7 Å². The quantitative estimate of drug-likeness (QED) is 0.863. The number of carbonyl (C=O) groups is 2. The normalized spacial score (nSPS) is 22.2. The maximum Gasteiger partial charge on any atom is 0.416 e. The van der Waals surface area contributed by atoms with Gasteiger partial charge in [-0.25, -0.2) is 9.36 Å². The fourth-order valence-corrected chi connectivity index (χ4v) is 3.60. The molecule has 2 atom stereocenters. The second-order valence-electron chi connectivity index (χ2n) is 5.94. The molecule has 6 heteroatoms. The SMILES string of the molecule is COC(=O)[C@@H]1CCCN(C)[C@@H]1c1cc2ccccc2n1C(=O)O. The average molecular weight is 316 g/mol. The molecule has 23 heavy (non-hydrogen) atoms. The minimum atomic E-state index is -1.04. The van der Waals surface area contributed by atoms with Crippen LogP contribution in [0.3, 0.4) is 0 Å². The second kappa shape index (κ2) is 6.04. The number of nitrogens with zero attached hydrogens (tertiary/aromatic N) is 2. The van der Waals surface area contributed by atoms with E-state index in [2.05, 4.69) is 0 Å². The lowest BCUT2D eigenvalue weighted by molar-refractivity contribution is -0.149. The van der Waals surface area contributed by atoms with E-state index in [-0.39, 0.29) is 17.9 Å². The minimum absolute atomic E-state index is 0.288. The van der Waals surface area contributed by atoms with Gasteiger partial charge in [0.15, 0.2) is 0 Å². The van der Waals surface area contributed by atoms with Crippen LogP contribution in [0.15, 0.2) is 30.3 Å². The Morgan fingerprint density at radius 3 is 2.74 bits per heavy atom. The lowest BCUT2D eigenvalue weighted by Gasteiger charge is -2.37. The molecule has 2 aromatic rings. The third-order valence-corrected chi connectivity index (χ3v) is 4.62. The highest BCUT2D eigenvalue weighted by atomic mass is 16.5. The summed E-state index contributed by atoms with van der Waals surface area (Å²) in [5, 5.41) is 10.5. The standard InChI is InChI=1S/C17H20N2O4/c1-18-9-5-7-12(16(20)23-2)15(18)14-10-11-6-3-4-8-13(11)19(14)17(21)22/h3-4,6,8,10,12,15H,5,7,9H2,1-2H3,(H,21,22)/t12-,15+/m1/s1. The number of carbonyl (C=O) groups excluding carboxylic acids is 1. The highest BCUT2D eigenvalue weighted by molar-refractivity contribution is 5.90. The molecule has 0 amide bonds. The number of esters is 1. The van der Waals surface area contributed by atoms with E-state index in [9.17, 15) is 14.7 Å². The van der Waals surface area contributed by atoms with Gasteiger partial charge in [0.1, 0.15) is 0 Å². The summed E-state index contributed by atoms with van der Waals surface area (Å²) in [6.07, 6.45) is 0.548. The monoisotopic (exact) mass is 316 g/mol. The number of carboxylic acid groups (broad SMARTS) is 1. The van der Waals surface area contributed by atoms with Crippen molar-refractivity contribution in [2.45, 2.75) is 18.9 Å². The van der Waals surface area contributed by atoms with Crippen molar-refractivity contribution >= 4 is 23.0 Å². The number of ether oxygens (including phenoxy) is 1. The molecule has 0 radical (unpaired) electrons. The Labute approximate surface area is 134 Å². The lowest BCUT2D eigenvalue weighted by atomic mass is 9.87. The number of fused-ring (bicyclic) bond motifs is 1. The number of likely N-dealkylation sites (tertiary alicyclic amines) is 1. The molecular weight excluding hydrogens is 296 g/mol. The van der Waals surface area contributed by atoms with Gasteiger partial charge in [0, 0.05) is 11.1 Å². The molecule has 0 unspecified atom stereocenters. The number of methoxy groups -OCH3 is 1. The number of rotatable bonds is 2. The van der Waals surface area contributed by atoms with Crippen molar-refractivity contribution in [1.82, 2.24) is 9.47 Å². The van der Waals surface area contributed by atoms with E-state index in [1.165, 1.54) is 11.7 Å². The number of para-hydroxylation sites is 1. The molecule has 1 aromatic carbocycles. The zero-order valence-electron chi connectivity index (χ0n) is 13.2. The van der Waals surface area contributed by atoms with Gasteiger partial charge in [-0.1, -0.05) is 18.2 Å². The zero-order valence-corrected chi connectivity index (χ0v) is 13.2. The Balaban J connectivity index is 2.18. The third-order valence-electron chi connectivity index (χ3n) is 4.62. The Morgan fingerprint density at radius 2 is 2.04 bits per heavy atom. The number of hydrogen-bond donors (Lipinski definition) is 1. The van der Waals surface area contributed by atoms with Crippen LogP contribution in [0.4, 0.5) is 4.79 Å². The molecule has 2 heterocycles. The van der Waals surface area contributed by atoms with E-state index in [4.69, 9.17) is 4.74 Å². The summed E-state index contributed by atoms with van der Waals surface area (Å²) in [7, 11) is 3.30. The first-order valence-electron chi connectivity index (χ1n) is 7.66. The van der Waals surface area contributed by atoms with Crippen LogP contribution in [0.1, 0.15) is 24.6 Å². The fraction of sp³-hybridized carbons (Fsp3) is 0.412. The predicted molar refractivity (Wildman–Crippen MR) is 85.5 cm³/mol. The summed E-state index contributed by atoms with van der Waals surface area (Å²) in [6, 6.07) is 8.91. The van der Waals surface area contributed by atoms with E-state index in [0.29, 0.717) is 17.6 Å². The van der Waals surface area contributed by atoms with Crippen molar-refractivity contribution in [3.05, 3.63) is 36.0 Å². The fourth-order valence-electron chi connectivity index (χ4n) is 3.60. The van der Waals surface area contributed by atoms with Gasteiger partial charge in [-0.2, -0.15) is 0 Å². The van der Waals surface area contributed by atoms with Gasteiger partial charge in [-0.05, 0) is 38.6 Å². The number of aromatic nitrogens is 1. The summed E-state index contributed by atoms with van der Waals surface area (Å²) in [5.74, 6) is -0.648. The largest absolute Gasteiger partial charge is 0.469 e. The van der Waals surface area contributed by atoms with Crippen LogP contribution in [0.2, 0.25) is 0 Å². The molecule has 3 rings (SSSR count). The van der Waals surface area contributed by atoms with Gasteiger partial charge in [-0.15, -0.1) is 0 Å². The minimum Gasteiger partial charge on any atom is -0.469 e. The van der Waals surface area contributed by atoms with E-state index in [0.717, 1.165) is 18.4 Å². The molecule has 0 saturated carbocycles.